The lowest BCUT2D eigenvalue weighted by atomic mass is 9.90. The molecule has 2 rings (SSSR count). The van der Waals surface area contributed by atoms with E-state index in [1.54, 1.807) is 0 Å². The topological polar surface area (TPSA) is 0 Å². The summed E-state index contributed by atoms with van der Waals surface area (Å²) in [5.41, 5.74) is 5.20. The van der Waals surface area contributed by atoms with Gasteiger partial charge >= 0.3 is 0 Å². The maximum atomic E-state index is 3.94. The quantitative estimate of drug-likeness (QED) is 0.660. The van der Waals surface area contributed by atoms with Gasteiger partial charge in [-0.1, -0.05) is 49.1 Å². The normalized spacial score (nSPS) is 11.2. The summed E-state index contributed by atoms with van der Waals surface area (Å²) in [6, 6.07) is 8.57. The van der Waals surface area contributed by atoms with Crippen LogP contribution in [0.2, 0.25) is 0 Å². The van der Waals surface area contributed by atoms with Crippen molar-refractivity contribution in [2.45, 2.75) is 20.8 Å². The Balaban J connectivity index is 3.00. The summed E-state index contributed by atoms with van der Waals surface area (Å²) in [5.74, 6) is 0. The van der Waals surface area contributed by atoms with Crippen LogP contribution in [0.15, 0.2) is 36.9 Å². The van der Waals surface area contributed by atoms with Crippen LogP contribution in [0.1, 0.15) is 29.2 Å². The van der Waals surface area contributed by atoms with Crippen LogP contribution >= 0.6 is 0 Å². The van der Waals surface area contributed by atoms with Crippen LogP contribution in [0.3, 0.4) is 0 Å². The number of benzene rings is 2. The lowest BCUT2D eigenvalue weighted by Gasteiger charge is -2.14. The van der Waals surface area contributed by atoms with Crippen LogP contribution in [0.25, 0.3) is 22.9 Å². The van der Waals surface area contributed by atoms with E-state index in [1.807, 2.05) is 6.08 Å². The molecular formula is C17H18. The third-order valence-electron chi connectivity index (χ3n) is 3.37. The summed E-state index contributed by atoms with van der Waals surface area (Å²) >= 11 is 0. The SMILES string of the molecule is C=Cc1c(C)c(C=CC)c2ccccc2c1C. The molecule has 86 valence electrons. The highest BCUT2D eigenvalue weighted by molar-refractivity contribution is 5.96. The molecule has 0 N–H and O–H groups in total. The molecule has 0 aliphatic heterocycles. The molecule has 0 heteroatoms. The lowest BCUT2D eigenvalue weighted by molar-refractivity contribution is 1.38. The maximum absolute atomic E-state index is 3.94. The van der Waals surface area contributed by atoms with Gasteiger partial charge < -0.3 is 0 Å². The highest BCUT2D eigenvalue weighted by Crippen LogP contribution is 2.31. The number of hydrogen-bond donors (Lipinski definition) is 0. The van der Waals surface area contributed by atoms with Crippen molar-refractivity contribution in [1.82, 2.24) is 0 Å². The van der Waals surface area contributed by atoms with Gasteiger partial charge in [-0.15, -0.1) is 0 Å². The molecule has 2 aromatic carbocycles. The second-order valence-corrected chi connectivity index (χ2v) is 4.33. The molecule has 0 nitrogen and oxygen atoms in total. The highest BCUT2D eigenvalue weighted by atomic mass is 14.1. The Labute approximate surface area is 103 Å². The van der Waals surface area contributed by atoms with Crippen molar-refractivity contribution < 1.29 is 0 Å². The van der Waals surface area contributed by atoms with Gasteiger partial charge in [-0.2, -0.15) is 0 Å². The molecule has 0 saturated heterocycles. The van der Waals surface area contributed by atoms with E-state index in [-0.39, 0.29) is 0 Å². The van der Waals surface area contributed by atoms with Crippen molar-refractivity contribution in [2.24, 2.45) is 0 Å². The van der Waals surface area contributed by atoms with Gasteiger partial charge in [-0.25, -0.2) is 0 Å². The van der Waals surface area contributed by atoms with E-state index in [1.165, 1.54) is 33.0 Å². The van der Waals surface area contributed by atoms with Crippen LogP contribution in [-0.4, -0.2) is 0 Å². The average molecular weight is 222 g/mol. The molecule has 0 fully saturated rings. The zero-order valence-electron chi connectivity index (χ0n) is 10.7. The highest BCUT2D eigenvalue weighted by Gasteiger charge is 2.09. The molecule has 0 radical (unpaired) electrons. The molecule has 0 aliphatic rings. The molecule has 0 unspecified atom stereocenters. The minimum atomic E-state index is 1.26. The van der Waals surface area contributed by atoms with E-state index in [9.17, 15) is 0 Å². The molecule has 0 heterocycles. The van der Waals surface area contributed by atoms with Crippen LogP contribution in [-0.2, 0) is 0 Å². The fourth-order valence-corrected chi connectivity index (χ4v) is 2.51. The van der Waals surface area contributed by atoms with E-state index in [0.29, 0.717) is 0 Å². The minimum Gasteiger partial charge on any atom is -0.0984 e. The molecule has 0 atom stereocenters. The first kappa shape index (κ1) is 11.7. The first-order chi connectivity index (χ1) is 8.20. The Kier molecular flexibility index (Phi) is 3.14. The average Bonchev–Trinajstić information content (AvgIpc) is 2.35. The molecule has 0 amide bonds. The summed E-state index contributed by atoms with van der Waals surface area (Å²) < 4.78 is 0. The Hall–Kier alpha value is -1.82. The zero-order valence-corrected chi connectivity index (χ0v) is 10.7. The Morgan fingerprint density at radius 2 is 1.59 bits per heavy atom. The molecule has 17 heavy (non-hydrogen) atoms. The first-order valence-electron chi connectivity index (χ1n) is 5.97. The van der Waals surface area contributed by atoms with Crippen LogP contribution in [0.4, 0.5) is 0 Å². The van der Waals surface area contributed by atoms with Gasteiger partial charge in [0.25, 0.3) is 0 Å². The number of hydrogen-bond acceptors (Lipinski definition) is 0. The molecule has 2 aromatic rings. The summed E-state index contributed by atoms with van der Waals surface area (Å²) in [4.78, 5) is 0. The van der Waals surface area contributed by atoms with Crippen LogP contribution < -0.4 is 0 Å². The molecule has 0 bridgehead atoms. The van der Waals surface area contributed by atoms with Crippen molar-refractivity contribution in [3.8, 4) is 0 Å². The van der Waals surface area contributed by atoms with Crippen molar-refractivity contribution in [2.75, 3.05) is 0 Å². The van der Waals surface area contributed by atoms with E-state index < -0.39 is 0 Å². The van der Waals surface area contributed by atoms with E-state index in [2.05, 4.69) is 63.8 Å². The van der Waals surface area contributed by atoms with Crippen LogP contribution in [0.5, 0.6) is 0 Å². The van der Waals surface area contributed by atoms with Gasteiger partial charge in [0.05, 0.1) is 0 Å². The van der Waals surface area contributed by atoms with Crippen molar-refractivity contribution in [1.29, 1.82) is 0 Å². The Bertz CT molecular complexity index is 601. The zero-order chi connectivity index (χ0) is 12.4. The summed E-state index contributed by atoms with van der Waals surface area (Å²) in [7, 11) is 0. The fourth-order valence-electron chi connectivity index (χ4n) is 2.51. The molecule has 0 saturated carbocycles. The van der Waals surface area contributed by atoms with E-state index in [4.69, 9.17) is 0 Å². The van der Waals surface area contributed by atoms with Crippen molar-refractivity contribution in [3.63, 3.8) is 0 Å². The number of fused-ring (bicyclic) bond motifs is 1. The summed E-state index contributed by atoms with van der Waals surface area (Å²) in [6.45, 7) is 10.3. The number of rotatable bonds is 2. The predicted molar refractivity (Wildman–Crippen MR) is 78.2 cm³/mol. The third-order valence-corrected chi connectivity index (χ3v) is 3.37. The maximum Gasteiger partial charge on any atom is -0.0106 e. The van der Waals surface area contributed by atoms with E-state index in [0.717, 1.165) is 0 Å². The smallest absolute Gasteiger partial charge is 0.0106 e. The van der Waals surface area contributed by atoms with Gasteiger partial charge in [-0.05, 0) is 53.8 Å². The second-order valence-electron chi connectivity index (χ2n) is 4.33. The summed E-state index contributed by atoms with van der Waals surface area (Å²) in [6.07, 6.45) is 6.24. The van der Waals surface area contributed by atoms with Gasteiger partial charge in [0, 0.05) is 0 Å². The standard InChI is InChI=1S/C17H18/c1-5-9-15-12(3)14(6-2)13(4)16-10-7-8-11-17(15)16/h5-11H,2H2,1,3-4H3. The monoisotopic (exact) mass is 222 g/mol. The van der Waals surface area contributed by atoms with E-state index >= 15 is 0 Å². The molecular weight excluding hydrogens is 204 g/mol. The number of allylic oxidation sites excluding steroid dienone is 1. The van der Waals surface area contributed by atoms with Gasteiger partial charge in [0.2, 0.25) is 0 Å². The predicted octanol–water partition coefficient (Wildman–Crippen LogP) is 5.13. The Morgan fingerprint density at radius 1 is 0.941 bits per heavy atom. The second kappa shape index (κ2) is 4.58. The molecule has 0 spiro atoms. The van der Waals surface area contributed by atoms with Crippen LogP contribution in [0, 0.1) is 13.8 Å². The van der Waals surface area contributed by atoms with Gasteiger partial charge in [0.1, 0.15) is 0 Å². The van der Waals surface area contributed by atoms with Gasteiger partial charge in [0.15, 0.2) is 0 Å². The third kappa shape index (κ3) is 1.80. The van der Waals surface area contributed by atoms with Crippen molar-refractivity contribution in [3.05, 3.63) is 59.2 Å². The van der Waals surface area contributed by atoms with Crippen molar-refractivity contribution >= 4 is 22.9 Å². The fraction of sp³-hybridized carbons (Fsp3) is 0.176. The largest absolute Gasteiger partial charge is 0.0984 e. The summed E-state index contributed by atoms with van der Waals surface area (Å²) in [5, 5.41) is 2.65. The Morgan fingerprint density at radius 3 is 2.18 bits per heavy atom. The first-order valence-corrected chi connectivity index (χ1v) is 5.97. The molecule has 0 aromatic heterocycles. The molecule has 0 aliphatic carbocycles. The van der Waals surface area contributed by atoms with Gasteiger partial charge in [-0.3, -0.25) is 0 Å². The number of aryl methyl sites for hydroxylation is 1. The minimum absolute atomic E-state index is 1.26. The lowest BCUT2D eigenvalue weighted by Crippen LogP contribution is -1.93.